The molecule has 2 heterocycles. The van der Waals surface area contributed by atoms with Crippen LogP contribution in [0.5, 0.6) is 0 Å². The zero-order valence-corrected chi connectivity index (χ0v) is 9.08. The van der Waals surface area contributed by atoms with Crippen LogP contribution in [0.4, 0.5) is 0 Å². The van der Waals surface area contributed by atoms with E-state index in [1.807, 2.05) is 0 Å². The summed E-state index contributed by atoms with van der Waals surface area (Å²) in [4.78, 5) is 2.49. The van der Waals surface area contributed by atoms with Gasteiger partial charge in [0.25, 0.3) is 0 Å². The molecule has 2 fully saturated rings. The first kappa shape index (κ1) is 10.4. The Morgan fingerprint density at radius 3 is 2.86 bits per heavy atom. The predicted molar refractivity (Wildman–Crippen MR) is 57.3 cm³/mol. The fourth-order valence-corrected chi connectivity index (χ4v) is 2.72. The van der Waals surface area contributed by atoms with Gasteiger partial charge in [0.05, 0.1) is 6.10 Å². The van der Waals surface area contributed by atoms with E-state index in [1.165, 1.54) is 32.4 Å². The van der Waals surface area contributed by atoms with Crippen molar-refractivity contribution in [2.24, 2.45) is 5.92 Å². The summed E-state index contributed by atoms with van der Waals surface area (Å²) in [6, 6.07) is 0.371. The predicted octanol–water partition coefficient (Wildman–Crippen LogP) is 0.441. The highest BCUT2D eigenvalue weighted by Gasteiger charge is 2.31. The third-order valence-corrected chi connectivity index (χ3v) is 3.56. The van der Waals surface area contributed by atoms with Gasteiger partial charge in [0, 0.05) is 25.7 Å². The second kappa shape index (κ2) is 4.60. The minimum atomic E-state index is -0.153. The summed E-state index contributed by atoms with van der Waals surface area (Å²) >= 11 is 0. The lowest BCUT2D eigenvalue weighted by molar-refractivity contribution is 0.0786. The van der Waals surface area contributed by atoms with E-state index in [9.17, 15) is 5.11 Å². The Morgan fingerprint density at radius 1 is 1.29 bits per heavy atom. The van der Waals surface area contributed by atoms with Gasteiger partial charge in [-0.1, -0.05) is 13.3 Å². The third kappa shape index (κ3) is 2.27. The molecule has 0 amide bonds. The molecule has 2 aliphatic heterocycles. The molecule has 2 rings (SSSR count). The number of hydrogen-bond donors (Lipinski definition) is 2. The smallest absolute Gasteiger partial charge is 0.0831 e. The first-order valence-electron chi connectivity index (χ1n) is 5.90. The normalized spacial score (nSPS) is 41.1. The van der Waals surface area contributed by atoms with E-state index in [4.69, 9.17) is 0 Å². The maximum absolute atomic E-state index is 9.82. The molecule has 14 heavy (non-hydrogen) atoms. The molecule has 0 aliphatic carbocycles. The fraction of sp³-hybridized carbons (Fsp3) is 1.00. The average Bonchev–Trinajstić information content (AvgIpc) is 2.45. The van der Waals surface area contributed by atoms with Crippen molar-refractivity contribution in [1.29, 1.82) is 0 Å². The van der Waals surface area contributed by atoms with Crippen LogP contribution in [0.1, 0.15) is 26.2 Å². The highest BCUT2D eigenvalue weighted by Crippen LogP contribution is 2.20. The lowest BCUT2D eigenvalue weighted by Gasteiger charge is -2.30. The van der Waals surface area contributed by atoms with Crippen molar-refractivity contribution in [2.45, 2.75) is 38.3 Å². The molecule has 0 radical (unpaired) electrons. The van der Waals surface area contributed by atoms with E-state index in [2.05, 4.69) is 17.1 Å². The Labute approximate surface area is 86.5 Å². The lowest BCUT2D eigenvalue weighted by Crippen LogP contribution is -2.44. The van der Waals surface area contributed by atoms with Crippen LogP contribution in [0.3, 0.4) is 0 Å². The van der Waals surface area contributed by atoms with Gasteiger partial charge in [-0.3, -0.25) is 4.90 Å². The minimum Gasteiger partial charge on any atom is -0.390 e. The average molecular weight is 198 g/mol. The monoisotopic (exact) mass is 198 g/mol. The quantitative estimate of drug-likeness (QED) is 0.642. The maximum atomic E-state index is 9.82. The van der Waals surface area contributed by atoms with Gasteiger partial charge >= 0.3 is 0 Å². The van der Waals surface area contributed by atoms with Gasteiger partial charge in [-0.15, -0.1) is 0 Å². The van der Waals surface area contributed by atoms with Crippen molar-refractivity contribution < 1.29 is 5.11 Å². The summed E-state index contributed by atoms with van der Waals surface area (Å²) in [5.74, 6) is 0.797. The molecule has 2 saturated heterocycles. The number of hydrogen-bond acceptors (Lipinski definition) is 3. The Balaban J connectivity index is 1.94. The summed E-state index contributed by atoms with van der Waals surface area (Å²) in [7, 11) is 0. The summed E-state index contributed by atoms with van der Waals surface area (Å²) in [6.07, 6.45) is 3.86. The summed E-state index contributed by atoms with van der Waals surface area (Å²) in [6.45, 7) is 6.41. The number of aliphatic hydroxyl groups is 1. The topological polar surface area (TPSA) is 35.5 Å². The SMILES string of the molecule is CC1CCCCN([C@@H]2CNC[C@H]2O)C1. The zero-order chi connectivity index (χ0) is 9.97. The van der Waals surface area contributed by atoms with Crippen LogP contribution in [0.15, 0.2) is 0 Å². The van der Waals surface area contributed by atoms with Crippen LogP contribution >= 0.6 is 0 Å². The molecule has 3 heteroatoms. The van der Waals surface area contributed by atoms with Gasteiger partial charge in [0.1, 0.15) is 0 Å². The standard InChI is InChI=1S/C11H22N2O/c1-9-4-2-3-5-13(8-9)10-6-12-7-11(10)14/h9-12,14H,2-8H2,1H3/t9?,10-,11-/m1/s1. The van der Waals surface area contributed by atoms with Crippen molar-refractivity contribution in [3.8, 4) is 0 Å². The van der Waals surface area contributed by atoms with Crippen LogP contribution in [0, 0.1) is 5.92 Å². The molecule has 0 bridgehead atoms. The molecule has 1 unspecified atom stereocenters. The van der Waals surface area contributed by atoms with Gasteiger partial charge in [-0.2, -0.15) is 0 Å². The molecule has 2 N–H and O–H groups in total. The minimum absolute atomic E-state index is 0.153. The lowest BCUT2D eigenvalue weighted by atomic mass is 10.1. The third-order valence-electron chi connectivity index (χ3n) is 3.56. The van der Waals surface area contributed by atoms with Crippen molar-refractivity contribution in [1.82, 2.24) is 10.2 Å². The zero-order valence-electron chi connectivity index (χ0n) is 9.08. The van der Waals surface area contributed by atoms with Gasteiger partial charge in [-0.05, 0) is 25.3 Å². The first-order valence-corrected chi connectivity index (χ1v) is 5.90. The molecule has 3 atom stereocenters. The van der Waals surface area contributed by atoms with E-state index in [1.54, 1.807) is 0 Å². The molecule has 0 aromatic carbocycles. The molecule has 2 aliphatic rings. The van der Waals surface area contributed by atoms with E-state index >= 15 is 0 Å². The molecular formula is C11H22N2O. The Bertz CT molecular complexity index is 186. The van der Waals surface area contributed by atoms with Crippen molar-refractivity contribution in [3.63, 3.8) is 0 Å². The van der Waals surface area contributed by atoms with Gasteiger partial charge in [-0.25, -0.2) is 0 Å². The van der Waals surface area contributed by atoms with Crippen LogP contribution < -0.4 is 5.32 Å². The van der Waals surface area contributed by atoms with Gasteiger partial charge < -0.3 is 10.4 Å². The molecule has 0 aromatic heterocycles. The summed E-state index contributed by atoms with van der Waals surface area (Å²) in [5.41, 5.74) is 0. The molecule has 0 aromatic rings. The van der Waals surface area contributed by atoms with Crippen molar-refractivity contribution in [2.75, 3.05) is 26.2 Å². The van der Waals surface area contributed by atoms with Crippen LogP contribution in [-0.4, -0.2) is 48.3 Å². The number of likely N-dealkylation sites (tertiary alicyclic amines) is 1. The van der Waals surface area contributed by atoms with E-state index < -0.39 is 0 Å². The molecule has 0 saturated carbocycles. The van der Waals surface area contributed by atoms with E-state index in [0.29, 0.717) is 6.04 Å². The second-order valence-electron chi connectivity index (χ2n) is 4.89. The summed E-state index contributed by atoms with van der Waals surface area (Å²) in [5, 5.41) is 13.1. The Morgan fingerprint density at radius 2 is 2.14 bits per heavy atom. The fourth-order valence-electron chi connectivity index (χ4n) is 2.72. The molecule has 0 spiro atoms. The van der Waals surface area contributed by atoms with E-state index in [0.717, 1.165) is 19.0 Å². The number of β-amino-alcohol motifs (C(OH)–C–C–N with tert-alkyl or cyclic N) is 1. The van der Waals surface area contributed by atoms with Crippen LogP contribution in [0.25, 0.3) is 0 Å². The Hall–Kier alpha value is -0.120. The molecule has 3 nitrogen and oxygen atoms in total. The highest BCUT2D eigenvalue weighted by atomic mass is 16.3. The van der Waals surface area contributed by atoms with Gasteiger partial charge in [0.2, 0.25) is 0 Å². The van der Waals surface area contributed by atoms with Crippen LogP contribution in [0.2, 0.25) is 0 Å². The number of nitrogens with zero attached hydrogens (tertiary/aromatic N) is 1. The first-order chi connectivity index (χ1) is 6.77. The number of nitrogens with one attached hydrogen (secondary N) is 1. The molecular weight excluding hydrogens is 176 g/mol. The molecule has 82 valence electrons. The maximum Gasteiger partial charge on any atom is 0.0831 e. The summed E-state index contributed by atoms with van der Waals surface area (Å²) < 4.78 is 0. The largest absolute Gasteiger partial charge is 0.390 e. The van der Waals surface area contributed by atoms with E-state index in [-0.39, 0.29) is 6.10 Å². The number of aliphatic hydroxyl groups excluding tert-OH is 1. The second-order valence-corrected chi connectivity index (χ2v) is 4.89. The van der Waals surface area contributed by atoms with Crippen LogP contribution in [-0.2, 0) is 0 Å². The Kier molecular flexibility index (Phi) is 3.42. The number of rotatable bonds is 1. The van der Waals surface area contributed by atoms with Gasteiger partial charge in [0.15, 0.2) is 0 Å². The highest BCUT2D eigenvalue weighted by molar-refractivity contribution is 4.89. The van der Waals surface area contributed by atoms with Crippen molar-refractivity contribution >= 4 is 0 Å². The van der Waals surface area contributed by atoms with Crippen molar-refractivity contribution in [3.05, 3.63) is 0 Å².